The maximum absolute atomic E-state index is 5.77. The number of anilines is 2. The highest BCUT2D eigenvalue weighted by Gasteiger charge is 2.04. The monoisotopic (exact) mass is 241 g/mol. The Morgan fingerprint density at radius 2 is 2.11 bits per heavy atom. The van der Waals surface area contributed by atoms with Gasteiger partial charge in [-0.3, -0.25) is 5.10 Å². The van der Waals surface area contributed by atoms with Gasteiger partial charge in [0, 0.05) is 11.1 Å². The lowest BCUT2D eigenvalue weighted by molar-refractivity contribution is 0.948. The predicted octanol–water partition coefficient (Wildman–Crippen LogP) is 0.942. The number of nitrogens with zero attached hydrogens (tertiary/aromatic N) is 4. The zero-order valence-corrected chi connectivity index (χ0v) is 9.46. The number of hydrogen-bond donors (Lipinski definition) is 3. The molecule has 90 valence electrons. The number of benzene rings is 1. The number of aromatic nitrogens is 5. The number of rotatable bonds is 3. The summed E-state index contributed by atoms with van der Waals surface area (Å²) in [6.07, 6.45) is 2.98. The van der Waals surface area contributed by atoms with E-state index < -0.39 is 0 Å². The Bertz CT molecular complexity index is 662. The van der Waals surface area contributed by atoms with Crippen LogP contribution >= 0.6 is 0 Å². The minimum Gasteiger partial charge on any atom is -0.399 e. The van der Waals surface area contributed by atoms with Crippen LogP contribution in [0.4, 0.5) is 11.5 Å². The third kappa shape index (κ3) is 1.93. The van der Waals surface area contributed by atoms with E-state index in [9.17, 15) is 0 Å². The molecule has 7 heteroatoms. The summed E-state index contributed by atoms with van der Waals surface area (Å²) >= 11 is 0. The van der Waals surface area contributed by atoms with Crippen molar-refractivity contribution in [3.05, 3.63) is 36.7 Å². The molecule has 3 aromatic rings. The second-order valence-corrected chi connectivity index (χ2v) is 3.78. The van der Waals surface area contributed by atoms with Gasteiger partial charge in [-0.25, -0.2) is 15.0 Å². The van der Waals surface area contributed by atoms with Crippen LogP contribution < -0.4 is 11.1 Å². The molecule has 7 nitrogen and oxygen atoms in total. The fraction of sp³-hybridized carbons (Fsp3) is 0.0909. The second-order valence-electron chi connectivity index (χ2n) is 3.78. The van der Waals surface area contributed by atoms with Crippen LogP contribution in [0.1, 0.15) is 5.82 Å². The number of nitrogens with two attached hydrogens (primary N) is 1. The minimum atomic E-state index is 0.515. The zero-order valence-electron chi connectivity index (χ0n) is 9.46. The van der Waals surface area contributed by atoms with Gasteiger partial charge in [0.25, 0.3) is 0 Å². The summed E-state index contributed by atoms with van der Waals surface area (Å²) in [4.78, 5) is 12.4. The van der Waals surface area contributed by atoms with Gasteiger partial charge in [0.15, 0.2) is 0 Å². The molecular weight excluding hydrogens is 230 g/mol. The van der Waals surface area contributed by atoms with Gasteiger partial charge in [-0.05, 0) is 18.2 Å². The minimum absolute atomic E-state index is 0.515. The van der Waals surface area contributed by atoms with E-state index in [0.717, 1.165) is 22.5 Å². The van der Waals surface area contributed by atoms with Gasteiger partial charge in [0.05, 0.1) is 12.1 Å². The van der Waals surface area contributed by atoms with Crippen molar-refractivity contribution in [1.82, 2.24) is 25.1 Å². The Labute approximate surface area is 102 Å². The van der Waals surface area contributed by atoms with E-state index in [1.54, 1.807) is 0 Å². The van der Waals surface area contributed by atoms with Crippen molar-refractivity contribution in [2.75, 3.05) is 11.1 Å². The summed E-state index contributed by atoms with van der Waals surface area (Å²) in [5, 5.41) is 10.6. The van der Waals surface area contributed by atoms with E-state index in [2.05, 4.69) is 30.5 Å². The first kappa shape index (κ1) is 10.5. The smallest absolute Gasteiger partial charge is 0.143 e. The number of aromatic amines is 1. The van der Waals surface area contributed by atoms with Gasteiger partial charge in [-0.1, -0.05) is 0 Å². The highest BCUT2D eigenvalue weighted by atomic mass is 15.2. The third-order valence-electron chi connectivity index (χ3n) is 2.55. The van der Waals surface area contributed by atoms with Gasteiger partial charge in [-0.2, -0.15) is 5.10 Å². The summed E-state index contributed by atoms with van der Waals surface area (Å²) in [6.45, 7) is 0.515. The van der Waals surface area contributed by atoms with Crippen molar-refractivity contribution in [2.24, 2.45) is 0 Å². The normalized spacial score (nSPS) is 10.7. The van der Waals surface area contributed by atoms with Crippen LogP contribution in [0.25, 0.3) is 10.9 Å². The standard InChI is InChI=1S/C11H11N7/c12-7-1-2-9-8(3-7)11(16-5-14-9)13-4-10-15-6-17-18-10/h1-3,5-6H,4,12H2,(H,13,14,16)(H,15,17,18). The van der Waals surface area contributed by atoms with E-state index >= 15 is 0 Å². The van der Waals surface area contributed by atoms with Crippen LogP contribution in [0.3, 0.4) is 0 Å². The third-order valence-corrected chi connectivity index (χ3v) is 2.55. The molecule has 18 heavy (non-hydrogen) atoms. The lowest BCUT2D eigenvalue weighted by Crippen LogP contribution is -2.04. The molecular formula is C11H11N7. The van der Waals surface area contributed by atoms with E-state index in [1.165, 1.54) is 12.7 Å². The lowest BCUT2D eigenvalue weighted by atomic mass is 10.2. The molecule has 1 aromatic carbocycles. The lowest BCUT2D eigenvalue weighted by Gasteiger charge is -2.07. The van der Waals surface area contributed by atoms with Crippen LogP contribution in [0.15, 0.2) is 30.9 Å². The molecule has 0 saturated carbocycles. The molecule has 0 amide bonds. The van der Waals surface area contributed by atoms with Crippen LogP contribution in [0, 0.1) is 0 Å². The van der Waals surface area contributed by atoms with E-state index in [0.29, 0.717) is 12.2 Å². The molecule has 2 aromatic heterocycles. The molecule has 2 heterocycles. The fourth-order valence-electron chi connectivity index (χ4n) is 1.70. The molecule has 0 fully saturated rings. The molecule has 0 aliphatic rings. The quantitative estimate of drug-likeness (QED) is 0.589. The number of fused-ring (bicyclic) bond motifs is 1. The van der Waals surface area contributed by atoms with E-state index in [1.807, 2.05) is 18.2 Å². The Hall–Kier alpha value is -2.70. The van der Waals surface area contributed by atoms with Crippen molar-refractivity contribution in [3.8, 4) is 0 Å². The molecule has 0 saturated heterocycles. The fourth-order valence-corrected chi connectivity index (χ4v) is 1.70. The average Bonchev–Trinajstić information content (AvgIpc) is 2.89. The molecule has 0 unspecified atom stereocenters. The summed E-state index contributed by atoms with van der Waals surface area (Å²) in [5.41, 5.74) is 7.30. The van der Waals surface area contributed by atoms with Gasteiger partial charge in [-0.15, -0.1) is 0 Å². The maximum atomic E-state index is 5.77. The number of hydrogen-bond acceptors (Lipinski definition) is 6. The first-order chi connectivity index (χ1) is 8.83. The Balaban J connectivity index is 1.93. The van der Waals surface area contributed by atoms with Crippen molar-refractivity contribution in [1.29, 1.82) is 0 Å². The van der Waals surface area contributed by atoms with Crippen molar-refractivity contribution < 1.29 is 0 Å². The summed E-state index contributed by atoms with van der Waals surface area (Å²) < 4.78 is 0. The Kier molecular flexibility index (Phi) is 2.49. The second kappa shape index (κ2) is 4.28. The van der Waals surface area contributed by atoms with Crippen LogP contribution in [-0.4, -0.2) is 25.1 Å². The SMILES string of the molecule is Nc1ccc2ncnc(NCc3ncn[nH]3)c2c1. The van der Waals surface area contributed by atoms with Crippen molar-refractivity contribution in [3.63, 3.8) is 0 Å². The van der Waals surface area contributed by atoms with E-state index in [4.69, 9.17) is 5.73 Å². The average molecular weight is 241 g/mol. The van der Waals surface area contributed by atoms with Crippen LogP contribution in [0.5, 0.6) is 0 Å². The molecule has 0 atom stereocenters. The Morgan fingerprint density at radius 1 is 1.17 bits per heavy atom. The van der Waals surface area contributed by atoms with Crippen molar-refractivity contribution >= 4 is 22.4 Å². The van der Waals surface area contributed by atoms with Crippen LogP contribution in [-0.2, 0) is 6.54 Å². The molecule has 0 aliphatic heterocycles. The highest BCUT2D eigenvalue weighted by Crippen LogP contribution is 2.21. The number of nitrogens with one attached hydrogen (secondary N) is 2. The predicted molar refractivity (Wildman–Crippen MR) is 67.7 cm³/mol. The zero-order chi connectivity index (χ0) is 12.4. The summed E-state index contributed by atoms with van der Waals surface area (Å²) in [7, 11) is 0. The largest absolute Gasteiger partial charge is 0.399 e. The van der Waals surface area contributed by atoms with Gasteiger partial charge >= 0.3 is 0 Å². The highest BCUT2D eigenvalue weighted by molar-refractivity contribution is 5.91. The van der Waals surface area contributed by atoms with Crippen molar-refractivity contribution in [2.45, 2.75) is 6.54 Å². The molecule has 0 spiro atoms. The summed E-state index contributed by atoms with van der Waals surface area (Å²) in [6, 6.07) is 5.53. The van der Waals surface area contributed by atoms with Gasteiger partial charge in [0.2, 0.25) is 0 Å². The molecule has 4 N–H and O–H groups in total. The van der Waals surface area contributed by atoms with Gasteiger partial charge in [0.1, 0.15) is 24.3 Å². The first-order valence-electron chi connectivity index (χ1n) is 5.41. The number of nitrogen functional groups attached to an aromatic ring is 1. The molecule has 3 rings (SSSR count). The van der Waals surface area contributed by atoms with E-state index in [-0.39, 0.29) is 0 Å². The number of H-pyrrole nitrogens is 1. The van der Waals surface area contributed by atoms with Gasteiger partial charge < -0.3 is 11.1 Å². The topological polar surface area (TPSA) is 105 Å². The molecule has 0 radical (unpaired) electrons. The molecule has 0 aliphatic carbocycles. The molecule has 0 bridgehead atoms. The maximum Gasteiger partial charge on any atom is 0.143 e. The first-order valence-corrected chi connectivity index (χ1v) is 5.41. The Morgan fingerprint density at radius 3 is 2.94 bits per heavy atom. The summed E-state index contributed by atoms with van der Waals surface area (Å²) in [5.74, 6) is 1.47. The van der Waals surface area contributed by atoms with Crippen LogP contribution in [0.2, 0.25) is 0 Å².